The van der Waals surface area contributed by atoms with Gasteiger partial charge < -0.3 is 9.64 Å². The highest BCUT2D eigenvalue weighted by molar-refractivity contribution is 6.34. The van der Waals surface area contributed by atoms with E-state index in [4.69, 9.17) is 27.9 Å². The van der Waals surface area contributed by atoms with Crippen LogP contribution in [0.3, 0.4) is 0 Å². The molecule has 5 heteroatoms. The van der Waals surface area contributed by atoms with E-state index >= 15 is 0 Å². The van der Waals surface area contributed by atoms with Gasteiger partial charge in [0.05, 0.1) is 0 Å². The summed E-state index contributed by atoms with van der Waals surface area (Å²) in [4.78, 5) is 12.9. The van der Waals surface area contributed by atoms with Crippen LogP contribution in [0.15, 0.2) is 18.2 Å². The molecule has 2 rings (SSSR count). The van der Waals surface area contributed by atoms with Gasteiger partial charge >= 0.3 is 6.09 Å². The van der Waals surface area contributed by atoms with Crippen molar-refractivity contribution in [3.05, 3.63) is 33.8 Å². The van der Waals surface area contributed by atoms with Crippen molar-refractivity contribution in [3.8, 4) is 0 Å². The van der Waals surface area contributed by atoms with Gasteiger partial charge in [0.1, 0.15) is 6.10 Å². The summed E-state index contributed by atoms with van der Waals surface area (Å²) in [5.74, 6) is 0. The van der Waals surface area contributed by atoms with E-state index in [1.807, 2.05) is 0 Å². The predicted molar refractivity (Wildman–Crippen MR) is 62.9 cm³/mol. The zero-order valence-corrected chi connectivity index (χ0v) is 10.3. The van der Waals surface area contributed by atoms with Crippen molar-refractivity contribution in [2.75, 3.05) is 13.6 Å². The Balaban J connectivity index is 2.21. The van der Waals surface area contributed by atoms with Gasteiger partial charge in [-0.1, -0.05) is 23.2 Å². The molecule has 1 aromatic rings. The van der Waals surface area contributed by atoms with Gasteiger partial charge in [0.15, 0.2) is 0 Å². The lowest BCUT2D eigenvalue weighted by Crippen LogP contribution is -2.35. The predicted octanol–water partition coefficient (Wildman–Crippen LogP) is 3.51. The van der Waals surface area contributed by atoms with Crippen LogP contribution in [0.2, 0.25) is 10.0 Å². The molecule has 0 unspecified atom stereocenters. The third-order valence-corrected chi connectivity index (χ3v) is 2.97. The molecule has 1 saturated heterocycles. The van der Waals surface area contributed by atoms with Crippen LogP contribution in [0.1, 0.15) is 18.1 Å². The summed E-state index contributed by atoms with van der Waals surface area (Å²) in [6.45, 7) is 0.674. The maximum absolute atomic E-state index is 11.4. The Kier molecular flexibility index (Phi) is 3.26. The van der Waals surface area contributed by atoms with Gasteiger partial charge in [0.2, 0.25) is 0 Å². The van der Waals surface area contributed by atoms with Crippen molar-refractivity contribution in [1.82, 2.24) is 4.90 Å². The lowest BCUT2D eigenvalue weighted by Gasteiger charge is -2.29. The van der Waals surface area contributed by atoms with Crippen LogP contribution in [0.4, 0.5) is 4.79 Å². The number of rotatable bonds is 1. The molecule has 0 radical (unpaired) electrons. The maximum Gasteiger partial charge on any atom is 0.410 e. The van der Waals surface area contributed by atoms with Crippen LogP contribution in [0.5, 0.6) is 0 Å². The smallest absolute Gasteiger partial charge is 0.410 e. The Morgan fingerprint density at radius 2 is 1.94 bits per heavy atom. The molecule has 0 spiro atoms. The third-order valence-electron chi connectivity index (χ3n) is 2.54. The molecule has 1 aliphatic heterocycles. The second kappa shape index (κ2) is 4.52. The first-order chi connectivity index (χ1) is 7.56. The number of halogens is 2. The van der Waals surface area contributed by atoms with E-state index in [2.05, 4.69) is 0 Å². The van der Waals surface area contributed by atoms with Gasteiger partial charge in [-0.15, -0.1) is 0 Å². The van der Waals surface area contributed by atoms with Crippen LogP contribution < -0.4 is 0 Å². The first-order valence-corrected chi connectivity index (χ1v) is 5.69. The standard InChI is InChI=1S/C11H11Cl2NO2/c1-14-3-2-10(16-11(14)15)7-4-8(12)6-9(13)5-7/h4-6,10H,2-3H2,1H3/t10-/m0/s1. The molecule has 0 N–H and O–H groups in total. The topological polar surface area (TPSA) is 29.5 Å². The van der Waals surface area contributed by atoms with E-state index in [0.717, 1.165) is 12.0 Å². The summed E-state index contributed by atoms with van der Waals surface area (Å²) >= 11 is 11.8. The summed E-state index contributed by atoms with van der Waals surface area (Å²) in [6, 6.07) is 5.21. The molecule has 1 aromatic carbocycles. The first-order valence-electron chi connectivity index (χ1n) is 4.94. The average molecular weight is 260 g/mol. The Labute approximate surface area is 104 Å². The van der Waals surface area contributed by atoms with Crippen molar-refractivity contribution in [3.63, 3.8) is 0 Å². The molecule has 1 aliphatic rings. The molecule has 3 nitrogen and oxygen atoms in total. The van der Waals surface area contributed by atoms with Crippen LogP contribution in [0, 0.1) is 0 Å². The fraction of sp³-hybridized carbons (Fsp3) is 0.364. The number of carbonyl (C=O) groups is 1. The number of carbonyl (C=O) groups excluding carboxylic acids is 1. The van der Waals surface area contributed by atoms with Crippen LogP contribution in [-0.4, -0.2) is 24.6 Å². The molecule has 0 saturated carbocycles. The normalized spacial score (nSPS) is 20.8. The van der Waals surface area contributed by atoms with Crippen molar-refractivity contribution in [2.45, 2.75) is 12.5 Å². The molecular formula is C11H11Cl2NO2. The Hall–Kier alpha value is -0.930. The lowest BCUT2D eigenvalue weighted by atomic mass is 10.1. The molecule has 0 aliphatic carbocycles. The molecular weight excluding hydrogens is 249 g/mol. The molecule has 0 bridgehead atoms. The highest BCUT2D eigenvalue weighted by Gasteiger charge is 2.25. The average Bonchev–Trinajstić information content (AvgIpc) is 2.20. The fourth-order valence-electron chi connectivity index (χ4n) is 1.67. The number of benzene rings is 1. The zero-order chi connectivity index (χ0) is 11.7. The maximum atomic E-state index is 11.4. The fourth-order valence-corrected chi connectivity index (χ4v) is 2.21. The van der Waals surface area contributed by atoms with Crippen LogP contribution in [0.25, 0.3) is 0 Å². The molecule has 1 atom stereocenters. The minimum absolute atomic E-state index is 0.250. The number of amides is 1. The van der Waals surface area contributed by atoms with E-state index in [1.54, 1.807) is 30.1 Å². The van der Waals surface area contributed by atoms with Gasteiger partial charge in [0, 0.05) is 30.1 Å². The van der Waals surface area contributed by atoms with Crippen molar-refractivity contribution in [1.29, 1.82) is 0 Å². The summed E-state index contributed by atoms with van der Waals surface area (Å²) in [6.07, 6.45) is 0.186. The molecule has 16 heavy (non-hydrogen) atoms. The van der Waals surface area contributed by atoms with E-state index < -0.39 is 0 Å². The molecule has 0 aromatic heterocycles. The van der Waals surface area contributed by atoms with Gasteiger partial charge in [-0.2, -0.15) is 0 Å². The molecule has 1 amide bonds. The number of cyclic esters (lactones) is 1. The molecule has 1 heterocycles. The lowest BCUT2D eigenvalue weighted by molar-refractivity contribution is 0.0324. The van der Waals surface area contributed by atoms with Crippen LogP contribution >= 0.6 is 23.2 Å². The number of hydrogen-bond donors (Lipinski definition) is 0. The quantitative estimate of drug-likeness (QED) is 0.773. The highest BCUT2D eigenvalue weighted by Crippen LogP contribution is 2.30. The van der Waals surface area contributed by atoms with Gasteiger partial charge in [-0.3, -0.25) is 0 Å². The molecule has 1 fully saturated rings. The van der Waals surface area contributed by atoms with Crippen molar-refractivity contribution < 1.29 is 9.53 Å². The molecule has 86 valence electrons. The zero-order valence-electron chi connectivity index (χ0n) is 8.74. The third kappa shape index (κ3) is 2.42. The first kappa shape index (κ1) is 11.6. The SMILES string of the molecule is CN1CC[C@@H](c2cc(Cl)cc(Cl)c2)OC1=O. The number of nitrogens with zero attached hydrogens (tertiary/aromatic N) is 1. The second-order valence-corrected chi connectivity index (χ2v) is 4.66. The van der Waals surface area contributed by atoms with E-state index in [0.29, 0.717) is 16.6 Å². The van der Waals surface area contributed by atoms with Gasteiger partial charge in [-0.25, -0.2) is 4.79 Å². The summed E-state index contributed by atoms with van der Waals surface area (Å²) < 4.78 is 5.26. The Bertz CT molecular complexity index is 402. The van der Waals surface area contributed by atoms with E-state index in [-0.39, 0.29) is 12.2 Å². The summed E-state index contributed by atoms with van der Waals surface area (Å²) in [5, 5.41) is 1.11. The van der Waals surface area contributed by atoms with E-state index in [1.165, 1.54) is 0 Å². The largest absolute Gasteiger partial charge is 0.441 e. The highest BCUT2D eigenvalue weighted by atomic mass is 35.5. The monoisotopic (exact) mass is 259 g/mol. The summed E-state index contributed by atoms with van der Waals surface area (Å²) in [5.41, 5.74) is 0.846. The number of ether oxygens (including phenoxy) is 1. The second-order valence-electron chi connectivity index (χ2n) is 3.79. The van der Waals surface area contributed by atoms with Crippen molar-refractivity contribution in [2.24, 2.45) is 0 Å². The minimum atomic E-state index is -0.313. The van der Waals surface area contributed by atoms with Gasteiger partial charge in [0.25, 0.3) is 0 Å². The Morgan fingerprint density at radius 1 is 1.31 bits per heavy atom. The Morgan fingerprint density at radius 3 is 2.50 bits per heavy atom. The van der Waals surface area contributed by atoms with Crippen molar-refractivity contribution >= 4 is 29.3 Å². The van der Waals surface area contributed by atoms with E-state index in [9.17, 15) is 4.79 Å². The van der Waals surface area contributed by atoms with Gasteiger partial charge in [-0.05, 0) is 23.8 Å². The summed E-state index contributed by atoms with van der Waals surface area (Å²) in [7, 11) is 1.71. The number of hydrogen-bond acceptors (Lipinski definition) is 2. The van der Waals surface area contributed by atoms with Crippen LogP contribution in [-0.2, 0) is 4.74 Å². The minimum Gasteiger partial charge on any atom is -0.441 e.